The van der Waals surface area contributed by atoms with E-state index >= 15 is 0 Å². The zero-order chi connectivity index (χ0) is 19.1. The lowest BCUT2D eigenvalue weighted by atomic mass is 9.92. The van der Waals surface area contributed by atoms with Crippen molar-refractivity contribution in [1.29, 1.82) is 0 Å². The van der Waals surface area contributed by atoms with E-state index in [1.54, 1.807) is 24.3 Å². The molecule has 1 aliphatic heterocycles. The largest absolute Gasteiger partial charge is 0.325 e. The van der Waals surface area contributed by atoms with E-state index < -0.39 is 41.4 Å². The number of benzene rings is 2. The zero-order valence-electron chi connectivity index (χ0n) is 14.2. The molecular formula is C19H16F2N2O3. The smallest absolute Gasteiger partial charge is 0.319 e. The molecule has 2 aromatic rings. The molecule has 1 fully saturated rings. The Bertz CT molecular complexity index is 912. The molecule has 134 valence electrons. The Labute approximate surface area is 148 Å². The predicted octanol–water partition coefficient (Wildman–Crippen LogP) is 2.92. The van der Waals surface area contributed by atoms with Gasteiger partial charge in [-0.15, -0.1) is 0 Å². The fraction of sp³-hybridized carbons (Fsp3) is 0.211. The van der Waals surface area contributed by atoms with Gasteiger partial charge in [0.25, 0.3) is 5.91 Å². The Morgan fingerprint density at radius 2 is 1.73 bits per heavy atom. The fourth-order valence-electron chi connectivity index (χ4n) is 2.82. The van der Waals surface area contributed by atoms with Gasteiger partial charge in [0.15, 0.2) is 17.4 Å². The molecule has 0 unspecified atom stereocenters. The molecular weight excluding hydrogens is 342 g/mol. The van der Waals surface area contributed by atoms with Gasteiger partial charge in [0.2, 0.25) is 0 Å². The van der Waals surface area contributed by atoms with E-state index in [4.69, 9.17) is 0 Å². The Morgan fingerprint density at radius 1 is 1.08 bits per heavy atom. The fourth-order valence-corrected chi connectivity index (χ4v) is 2.82. The molecule has 26 heavy (non-hydrogen) atoms. The molecule has 1 saturated heterocycles. The summed E-state index contributed by atoms with van der Waals surface area (Å²) in [5.74, 6) is -3.28. The number of Topliss-reactive ketones (excluding diaryl/α,β-unsaturated/α-hetero) is 1. The van der Waals surface area contributed by atoms with E-state index in [-0.39, 0.29) is 5.56 Å². The maximum atomic E-state index is 13.5. The molecule has 0 bridgehead atoms. The maximum Gasteiger partial charge on any atom is 0.325 e. The van der Waals surface area contributed by atoms with Crippen LogP contribution in [0.4, 0.5) is 13.6 Å². The third kappa shape index (κ3) is 2.96. The van der Waals surface area contributed by atoms with Gasteiger partial charge < -0.3 is 5.32 Å². The van der Waals surface area contributed by atoms with Crippen LogP contribution in [0.25, 0.3) is 0 Å². The molecule has 0 aromatic heterocycles. The van der Waals surface area contributed by atoms with Gasteiger partial charge in [0, 0.05) is 5.56 Å². The van der Waals surface area contributed by atoms with Gasteiger partial charge in [-0.25, -0.2) is 13.6 Å². The van der Waals surface area contributed by atoms with Gasteiger partial charge in [0.1, 0.15) is 5.54 Å². The number of amides is 3. The molecule has 7 heteroatoms. The molecule has 0 aliphatic carbocycles. The molecule has 0 radical (unpaired) electrons. The molecule has 1 N–H and O–H groups in total. The third-order valence-corrected chi connectivity index (χ3v) is 4.45. The van der Waals surface area contributed by atoms with E-state index in [1.165, 1.54) is 13.0 Å². The lowest BCUT2D eigenvalue weighted by molar-refractivity contribution is -0.130. The summed E-state index contributed by atoms with van der Waals surface area (Å²) in [4.78, 5) is 38.1. The van der Waals surface area contributed by atoms with Crippen LogP contribution in [0.5, 0.6) is 0 Å². The van der Waals surface area contributed by atoms with Crippen molar-refractivity contribution in [3.63, 3.8) is 0 Å². The Morgan fingerprint density at radius 3 is 2.35 bits per heavy atom. The number of nitrogens with one attached hydrogen (secondary N) is 1. The highest BCUT2D eigenvalue weighted by Crippen LogP contribution is 2.29. The molecule has 1 atom stereocenters. The number of hydrogen-bond acceptors (Lipinski definition) is 3. The summed E-state index contributed by atoms with van der Waals surface area (Å²) in [7, 11) is 0. The number of urea groups is 1. The Kier molecular flexibility index (Phi) is 4.31. The summed E-state index contributed by atoms with van der Waals surface area (Å²) in [5, 5.41) is 2.46. The van der Waals surface area contributed by atoms with Crippen molar-refractivity contribution < 1.29 is 23.2 Å². The van der Waals surface area contributed by atoms with E-state index in [0.717, 1.165) is 22.6 Å². The molecule has 1 heterocycles. The van der Waals surface area contributed by atoms with Crippen LogP contribution in [-0.2, 0) is 10.3 Å². The number of hydrogen-bond donors (Lipinski definition) is 1. The number of rotatable bonds is 4. The van der Waals surface area contributed by atoms with Crippen LogP contribution < -0.4 is 5.32 Å². The first-order valence-corrected chi connectivity index (χ1v) is 7.92. The molecule has 0 saturated carbocycles. The van der Waals surface area contributed by atoms with Crippen molar-refractivity contribution in [3.8, 4) is 0 Å². The SMILES string of the molecule is Cc1ccc(C(=O)CN2C(=O)N[C@](C)(c3ccc(F)c(F)c3)C2=O)cc1. The van der Waals surface area contributed by atoms with Crippen LogP contribution in [0, 0.1) is 18.6 Å². The molecule has 5 nitrogen and oxygen atoms in total. The summed E-state index contributed by atoms with van der Waals surface area (Å²) >= 11 is 0. The lowest BCUT2D eigenvalue weighted by Gasteiger charge is -2.22. The minimum absolute atomic E-state index is 0.0973. The van der Waals surface area contributed by atoms with Gasteiger partial charge in [-0.1, -0.05) is 35.9 Å². The molecule has 3 amide bonds. The highest BCUT2D eigenvalue weighted by atomic mass is 19.2. The molecule has 2 aromatic carbocycles. The van der Waals surface area contributed by atoms with Gasteiger partial charge in [-0.3, -0.25) is 14.5 Å². The van der Waals surface area contributed by atoms with Crippen molar-refractivity contribution >= 4 is 17.7 Å². The highest BCUT2D eigenvalue weighted by Gasteiger charge is 2.49. The second-order valence-electron chi connectivity index (χ2n) is 6.36. The second-order valence-corrected chi connectivity index (χ2v) is 6.36. The molecule has 1 aliphatic rings. The van der Waals surface area contributed by atoms with Crippen molar-refractivity contribution in [3.05, 3.63) is 70.8 Å². The van der Waals surface area contributed by atoms with Gasteiger partial charge in [-0.2, -0.15) is 0 Å². The van der Waals surface area contributed by atoms with Crippen LogP contribution in [-0.4, -0.2) is 29.2 Å². The number of imide groups is 1. The Balaban J connectivity index is 1.85. The van der Waals surface area contributed by atoms with Crippen molar-refractivity contribution in [2.24, 2.45) is 0 Å². The minimum Gasteiger partial charge on any atom is -0.319 e. The van der Waals surface area contributed by atoms with E-state index in [9.17, 15) is 23.2 Å². The summed E-state index contributed by atoms with van der Waals surface area (Å²) in [5.41, 5.74) is -0.126. The average Bonchev–Trinajstić information content (AvgIpc) is 2.82. The summed E-state index contributed by atoms with van der Waals surface area (Å²) in [6.07, 6.45) is 0. The lowest BCUT2D eigenvalue weighted by Crippen LogP contribution is -2.41. The molecule has 3 rings (SSSR count). The van der Waals surface area contributed by atoms with Crippen LogP contribution in [0.2, 0.25) is 0 Å². The number of carbonyl (C=O) groups is 3. The quantitative estimate of drug-likeness (QED) is 0.675. The van der Waals surface area contributed by atoms with Crippen LogP contribution in [0.3, 0.4) is 0 Å². The number of ketones is 1. The standard InChI is InChI=1S/C19H16F2N2O3/c1-11-3-5-12(6-4-11)16(24)10-23-17(25)19(2,22-18(23)26)13-7-8-14(20)15(21)9-13/h3-9H,10H2,1-2H3,(H,22,26)/t19-/m1/s1. The minimum atomic E-state index is -1.57. The van der Waals surface area contributed by atoms with E-state index in [2.05, 4.69) is 5.32 Å². The highest BCUT2D eigenvalue weighted by molar-refractivity contribution is 6.11. The van der Waals surface area contributed by atoms with Gasteiger partial charge >= 0.3 is 6.03 Å². The summed E-state index contributed by atoms with van der Waals surface area (Å²) < 4.78 is 26.7. The molecule has 0 spiro atoms. The van der Waals surface area contributed by atoms with E-state index in [1.807, 2.05) is 6.92 Å². The zero-order valence-corrected chi connectivity index (χ0v) is 14.2. The number of aryl methyl sites for hydroxylation is 1. The first kappa shape index (κ1) is 17.7. The van der Waals surface area contributed by atoms with Crippen LogP contribution in [0.1, 0.15) is 28.4 Å². The van der Waals surface area contributed by atoms with E-state index in [0.29, 0.717) is 5.56 Å². The van der Waals surface area contributed by atoms with Gasteiger partial charge in [0.05, 0.1) is 6.54 Å². The predicted molar refractivity (Wildman–Crippen MR) is 89.5 cm³/mol. The topological polar surface area (TPSA) is 66.5 Å². The van der Waals surface area contributed by atoms with Crippen LogP contribution in [0.15, 0.2) is 42.5 Å². The number of carbonyl (C=O) groups excluding carboxylic acids is 3. The van der Waals surface area contributed by atoms with Crippen LogP contribution >= 0.6 is 0 Å². The average molecular weight is 358 g/mol. The first-order chi connectivity index (χ1) is 12.2. The third-order valence-electron chi connectivity index (χ3n) is 4.45. The maximum absolute atomic E-state index is 13.5. The Hall–Kier alpha value is -3.09. The van der Waals surface area contributed by atoms with Gasteiger partial charge in [-0.05, 0) is 31.5 Å². The summed E-state index contributed by atoms with van der Waals surface area (Å²) in [6.45, 7) is 2.82. The second kappa shape index (κ2) is 6.33. The van der Waals surface area contributed by atoms with Crippen molar-refractivity contribution in [1.82, 2.24) is 10.2 Å². The first-order valence-electron chi connectivity index (χ1n) is 7.92. The van der Waals surface area contributed by atoms with Crippen molar-refractivity contribution in [2.75, 3.05) is 6.54 Å². The monoisotopic (exact) mass is 358 g/mol. The normalized spacial score (nSPS) is 19.6. The number of halogens is 2. The number of nitrogens with zero attached hydrogens (tertiary/aromatic N) is 1. The van der Waals surface area contributed by atoms with Crippen molar-refractivity contribution in [2.45, 2.75) is 19.4 Å². The summed E-state index contributed by atoms with van der Waals surface area (Å²) in [6, 6.07) is 8.95.